The molecule has 0 spiro atoms. The lowest BCUT2D eigenvalue weighted by molar-refractivity contribution is -0.137. The van der Waals surface area contributed by atoms with E-state index in [-0.39, 0.29) is 34.2 Å². The monoisotopic (exact) mass is 450 g/mol. The Kier molecular flexibility index (Phi) is 5.04. The number of carbonyl (C=O) groups excluding carboxylic acids is 1. The smallest absolute Gasteiger partial charge is 0.416 e. The highest BCUT2D eigenvalue weighted by Crippen LogP contribution is 2.39. The first-order valence-electron chi connectivity index (χ1n) is 9.36. The molecule has 3 aromatic rings. The third kappa shape index (κ3) is 3.78. The molecule has 31 heavy (non-hydrogen) atoms. The molecule has 0 radical (unpaired) electrons. The molecule has 0 fully saturated rings. The van der Waals surface area contributed by atoms with Crippen molar-refractivity contribution in [3.8, 4) is 5.75 Å². The molecule has 1 aliphatic rings. The predicted molar refractivity (Wildman–Crippen MR) is 110 cm³/mol. The van der Waals surface area contributed by atoms with Gasteiger partial charge < -0.3 is 10.1 Å². The maximum atomic E-state index is 13.2. The highest BCUT2D eigenvalue weighted by molar-refractivity contribution is 7.93. The Balaban J connectivity index is 1.82. The van der Waals surface area contributed by atoms with Gasteiger partial charge in [0.05, 0.1) is 22.8 Å². The van der Waals surface area contributed by atoms with E-state index in [4.69, 9.17) is 4.74 Å². The van der Waals surface area contributed by atoms with Gasteiger partial charge in [0.25, 0.3) is 15.9 Å². The third-order valence-electron chi connectivity index (χ3n) is 4.80. The van der Waals surface area contributed by atoms with Crippen LogP contribution in [-0.2, 0) is 16.2 Å². The summed E-state index contributed by atoms with van der Waals surface area (Å²) in [7, 11) is -4.31. The van der Waals surface area contributed by atoms with Crippen LogP contribution in [0.1, 0.15) is 29.3 Å². The van der Waals surface area contributed by atoms with E-state index >= 15 is 0 Å². The molecule has 1 heterocycles. The minimum atomic E-state index is -4.66. The molecule has 0 aliphatic carbocycles. The van der Waals surface area contributed by atoms with E-state index in [9.17, 15) is 26.4 Å². The number of alkyl halides is 3. The van der Waals surface area contributed by atoms with Crippen LogP contribution in [0.25, 0.3) is 10.8 Å². The second-order valence-corrected chi connectivity index (χ2v) is 8.61. The lowest BCUT2D eigenvalue weighted by Gasteiger charge is -2.17. The molecule has 1 aliphatic heterocycles. The van der Waals surface area contributed by atoms with Gasteiger partial charge in [-0.2, -0.15) is 13.2 Å². The molecular weight excluding hydrogens is 433 g/mol. The summed E-state index contributed by atoms with van der Waals surface area (Å²) in [5.41, 5.74) is -0.527. The van der Waals surface area contributed by atoms with E-state index in [1.54, 1.807) is 12.1 Å². The van der Waals surface area contributed by atoms with Crippen LogP contribution in [0.3, 0.4) is 0 Å². The predicted octanol–water partition coefficient (Wildman–Crippen LogP) is 5.01. The zero-order valence-electron chi connectivity index (χ0n) is 16.2. The quantitative estimate of drug-likeness (QED) is 0.553. The first-order chi connectivity index (χ1) is 14.6. The standard InChI is InChI=1S/C21H17F3N2O4S/c1-2-10-30-17-8-6-12(21(22,23)24)11-16(17)26-31(28,29)18-9-7-15-19-13(18)4-3-5-14(19)20(27)25-15/h3-9,11,26H,2,10H2,1H3,(H,25,27). The lowest BCUT2D eigenvalue weighted by atomic mass is 10.1. The molecule has 10 heteroatoms. The van der Waals surface area contributed by atoms with Gasteiger partial charge in [-0.3, -0.25) is 9.52 Å². The number of nitrogens with one attached hydrogen (secondary N) is 2. The molecule has 0 saturated heterocycles. The first kappa shape index (κ1) is 21.0. The Morgan fingerprint density at radius 3 is 2.58 bits per heavy atom. The van der Waals surface area contributed by atoms with Gasteiger partial charge in [0.15, 0.2) is 0 Å². The van der Waals surface area contributed by atoms with Gasteiger partial charge in [-0.05, 0) is 42.8 Å². The van der Waals surface area contributed by atoms with E-state index in [0.717, 1.165) is 12.1 Å². The minimum absolute atomic E-state index is 0.0128. The summed E-state index contributed by atoms with van der Waals surface area (Å²) in [6, 6.07) is 10.0. The van der Waals surface area contributed by atoms with Gasteiger partial charge in [0.2, 0.25) is 0 Å². The van der Waals surface area contributed by atoms with Gasteiger partial charge in [0, 0.05) is 22.0 Å². The number of halogens is 3. The number of hydrogen-bond donors (Lipinski definition) is 2. The molecule has 2 N–H and O–H groups in total. The van der Waals surface area contributed by atoms with Crippen LogP contribution < -0.4 is 14.8 Å². The van der Waals surface area contributed by atoms with E-state index in [2.05, 4.69) is 10.0 Å². The molecule has 6 nitrogen and oxygen atoms in total. The van der Waals surface area contributed by atoms with E-state index in [1.165, 1.54) is 18.2 Å². The fourth-order valence-electron chi connectivity index (χ4n) is 3.42. The summed E-state index contributed by atoms with van der Waals surface area (Å²) < 4.78 is 73.6. The van der Waals surface area contributed by atoms with Crippen molar-refractivity contribution in [1.82, 2.24) is 0 Å². The summed E-state index contributed by atoms with van der Waals surface area (Å²) in [5.74, 6) is -0.363. The molecule has 1 amide bonds. The zero-order chi connectivity index (χ0) is 22.4. The lowest BCUT2D eigenvalue weighted by Crippen LogP contribution is -2.16. The fourth-order valence-corrected chi connectivity index (χ4v) is 4.69. The van der Waals surface area contributed by atoms with Crippen LogP contribution in [0.4, 0.5) is 24.5 Å². The Labute approximate surface area is 176 Å². The second-order valence-electron chi connectivity index (χ2n) is 6.96. The van der Waals surface area contributed by atoms with Gasteiger partial charge in [0.1, 0.15) is 5.75 Å². The summed E-state index contributed by atoms with van der Waals surface area (Å²) in [4.78, 5) is 11.9. The summed E-state index contributed by atoms with van der Waals surface area (Å²) in [5, 5.41) is 3.38. The van der Waals surface area contributed by atoms with Gasteiger partial charge >= 0.3 is 6.18 Å². The van der Waals surface area contributed by atoms with Crippen LogP contribution in [0.5, 0.6) is 5.75 Å². The van der Waals surface area contributed by atoms with Crippen LogP contribution in [0.2, 0.25) is 0 Å². The zero-order valence-corrected chi connectivity index (χ0v) is 17.0. The van der Waals surface area contributed by atoms with Crippen molar-refractivity contribution in [3.63, 3.8) is 0 Å². The van der Waals surface area contributed by atoms with Crippen LogP contribution >= 0.6 is 0 Å². The number of sulfonamides is 1. The Morgan fingerprint density at radius 2 is 1.87 bits per heavy atom. The number of rotatable bonds is 6. The summed E-state index contributed by atoms with van der Waals surface area (Å²) in [6.45, 7) is 2.02. The minimum Gasteiger partial charge on any atom is -0.491 e. The highest BCUT2D eigenvalue weighted by Gasteiger charge is 2.32. The van der Waals surface area contributed by atoms with E-state index in [1.807, 2.05) is 6.92 Å². The summed E-state index contributed by atoms with van der Waals surface area (Å²) in [6.07, 6.45) is -4.07. The number of carbonyl (C=O) groups is 1. The van der Waals surface area contributed by atoms with Crippen molar-refractivity contribution in [2.45, 2.75) is 24.4 Å². The normalized spacial score (nSPS) is 13.4. The molecule has 3 aromatic carbocycles. The second kappa shape index (κ2) is 7.45. The Hall–Kier alpha value is -3.27. The average Bonchev–Trinajstić information content (AvgIpc) is 3.03. The Morgan fingerprint density at radius 1 is 1.10 bits per heavy atom. The van der Waals surface area contributed by atoms with Crippen molar-refractivity contribution < 1.29 is 31.1 Å². The van der Waals surface area contributed by atoms with Crippen molar-refractivity contribution >= 4 is 38.1 Å². The average molecular weight is 450 g/mol. The summed E-state index contributed by atoms with van der Waals surface area (Å²) >= 11 is 0. The highest BCUT2D eigenvalue weighted by atomic mass is 32.2. The number of ether oxygens (including phenoxy) is 1. The van der Waals surface area contributed by atoms with Gasteiger partial charge in [-0.15, -0.1) is 0 Å². The molecule has 0 aromatic heterocycles. The van der Waals surface area contributed by atoms with Crippen LogP contribution in [-0.4, -0.2) is 20.9 Å². The first-order valence-corrected chi connectivity index (χ1v) is 10.8. The Bertz CT molecular complexity index is 1300. The fraction of sp³-hybridized carbons (Fsp3) is 0.190. The largest absolute Gasteiger partial charge is 0.491 e. The SMILES string of the molecule is CCCOc1ccc(C(F)(F)F)cc1NS(=O)(=O)c1ccc2c3c(cccc13)C(=O)N2. The molecule has 162 valence electrons. The van der Waals surface area contributed by atoms with Crippen LogP contribution in [0, 0.1) is 0 Å². The van der Waals surface area contributed by atoms with Crippen molar-refractivity contribution in [2.24, 2.45) is 0 Å². The maximum absolute atomic E-state index is 13.2. The topological polar surface area (TPSA) is 84.5 Å². The number of amides is 1. The van der Waals surface area contributed by atoms with Crippen molar-refractivity contribution in [2.75, 3.05) is 16.6 Å². The molecule has 0 atom stereocenters. The van der Waals surface area contributed by atoms with Crippen molar-refractivity contribution in [1.29, 1.82) is 0 Å². The van der Waals surface area contributed by atoms with E-state index in [0.29, 0.717) is 29.1 Å². The molecule has 0 saturated carbocycles. The third-order valence-corrected chi connectivity index (χ3v) is 6.22. The molecule has 0 bridgehead atoms. The number of anilines is 2. The van der Waals surface area contributed by atoms with Gasteiger partial charge in [-0.1, -0.05) is 19.1 Å². The van der Waals surface area contributed by atoms with Crippen molar-refractivity contribution in [3.05, 3.63) is 59.7 Å². The van der Waals surface area contributed by atoms with Crippen LogP contribution in [0.15, 0.2) is 53.4 Å². The van der Waals surface area contributed by atoms with E-state index < -0.39 is 21.8 Å². The molecule has 4 rings (SSSR count). The maximum Gasteiger partial charge on any atom is 0.416 e. The number of benzene rings is 3. The molecular formula is C21H17F3N2O4S. The molecule has 0 unspecified atom stereocenters. The van der Waals surface area contributed by atoms with Gasteiger partial charge in [-0.25, -0.2) is 8.42 Å². The number of hydrogen-bond acceptors (Lipinski definition) is 4.